The number of benzene rings is 1. The van der Waals surface area contributed by atoms with Gasteiger partial charge in [-0.15, -0.1) is 0 Å². The van der Waals surface area contributed by atoms with E-state index in [0.717, 1.165) is 10.6 Å². The van der Waals surface area contributed by atoms with E-state index < -0.39 is 13.1 Å². The van der Waals surface area contributed by atoms with Gasteiger partial charge in [-0.2, -0.15) is 0 Å². The van der Waals surface area contributed by atoms with Crippen molar-refractivity contribution in [2.24, 2.45) is 17.3 Å². The number of hydrogen-bond acceptors (Lipinski definition) is 7. The summed E-state index contributed by atoms with van der Waals surface area (Å²) in [5.74, 6) is 4.84. The normalized spacial score (nSPS) is 13.4. The Balaban J connectivity index is 0.00000139. The van der Waals surface area contributed by atoms with Gasteiger partial charge in [-0.1, -0.05) is 19.9 Å². The quantitative estimate of drug-likeness (QED) is 0.299. The number of carboxylic acids is 1. The lowest BCUT2D eigenvalue weighted by Gasteiger charge is -2.25. The van der Waals surface area contributed by atoms with Crippen LogP contribution in [0.1, 0.15) is 36.2 Å². The van der Waals surface area contributed by atoms with Crippen LogP contribution in [0.4, 0.5) is 5.69 Å². The number of rotatable bonds is 5. The molecule has 0 aromatic heterocycles. The number of aryl methyl sites for hydroxylation is 1. The van der Waals surface area contributed by atoms with Crippen molar-refractivity contribution in [2.45, 2.75) is 33.0 Å². The summed E-state index contributed by atoms with van der Waals surface area (Å²) in [5.41, 5.74) is 12.4. The predicted octanol–water partition coefficient (Wildman–Crippen LogP) is 0.655. The lowest BCUT2D eigenvalue weighted by atomic mass is 9.78. The monoisotopic (exact) mass is 336 g/mol. The summed E-state index contributed by atoms with van der Waals surface area (Å²) < 4.78 is 5.29. The molecule has 24 heavy (non-hydrogen) atoms. The molecule has 0 spiro atoms. The second kappa shape index (κ2) is 9.16. The number of carboxylic acid groups (broad SMARTS) is 1. The summed E-state index contributed by atoms with van der Waals surface area (Å²) in [6.07, 6.45) is 2.81. The summed E-state index contributed by atoms with van der Waals surface area (Å²) in [6, 6.07) is 3.32. The molecule has 0 unspecified atom stereocenters. The van der Waals surface area contributed by atoms with Crippen LogP contribution in [0.2, 0.25) is 6.32 Å². The molecule has 0 radical (unpaired) electrons. The Morgan fingerprint density at radius 1 is 1.46 bits per heavy atom. The number of hydrogen-bond donors (Lipinski definition) is 5. The van der Waals surface area contributed by atoms with Crippen molar-refractivity contribution in [2.75, 3.05) is 11.6 Å². The van der Waals surface area contributed by atoms with E-state index in [2.05, 4.69) is 0 Å². The van der Waals surface area contributed by atoms with Crippen LogP contribution in [0.15, 0.2) is 24.0 Å². The molecule has 0 amide bonds. The maximum Gasteiger partial charge on any atom is 0.522 e. The molecule has 8 nitrogen and oxygen atoms in total. The minimum absolute atomic E-state index is 0.101. The van der Waals surface area contributed by atoms with Crippen LogP contribution < -0.4 is 27.0 Å². The van der Waals surface area contributed by atoms with Crippen molar-refractivity contribution in [1.82, 2.24) is 0 Å². The van der Waals surface area contributed by atoms with E-state index >= 15 is 0 Å². The third-order valence-electron chi connectivity index (χ3n) is 3.36. The van der Waals surface area contributed by atoms with E-state index in [0.29, 0.717) is 31.4 Å². The molecule has 1 aliphatic heterocycles. The number of hydrazine groups is 1. The fourth-order valence-corrected chi connectivity index (χ4v) is 2.32. The van der Waals surface area contributed by atoms with Gasteiger partial charge < -0.3 is 26.3 Å². The van der Waals surface area contributed by atoms with Gasteiger partial charge in [0.25, 0.3) is 0 Å². The van der Waals surface area contributed by atoms with Gasteiger partial charge in [0.15, 0.2) is 0 Å². The number of nitrogens with two attached hydrogens (primary N) is 3. The summed E-state index contributed by atoms with van der Waals surface area (Å²) >= 11 is 0. The Morgan fingerprint density at radius 2 is 2.12 bits per heavy atom. The number of anilines is 1. The molecule has 0 fully saturated rings. The van der Waals surface area contributed by atoms with Crippen LogP contribution in [-0.4, -0.2) is 29.8 Å². The lowest BCUT2D eigenvalue weighted by Crippen LogP contribution is -2.31. The second-order valence-electron chi connectivity index (χ2n) is 5.01. The Morgan fingerprint density at radius 3 is 2.71 bits per heavy atom. The minimum Gasteiger partial charge on any atom is -0.535 e. The third kappa shape index (κ3) is 4.64. The number of nitrogens with zero attached hydrogens (tertiary/aromatic N) is 1. The van der Waals surface area contributed by atoms with Gasteiger partial charge in [0.2, 0.25) is 0 Å². The molecule has 9 heteroatoms. The number of aromatic carboxylic acids is 1. The summed E-state index contributed by atoms with van der Waals surface area (Å²) in [4.78, 5) is 11.6. The molecule has 0 bridgehead atoms. The molecule has 1 aromatic carbocycles. The highest BCUT2D eigenvalue weighted by molar-refractivity contribution is 6.44. The van der Waals surface area contributed by atoms with Crippen molar-refractivity contribution in [1.29, 1.82) is 0 Å². The van der Waals surface area contributed by atoms with E-state index in [1.54, 1.807) is 12.1 Å². The molecule has 0 saturated carbocycles. The summed E-state index contributed by atoms with van der Waals surface area (Å²) in [6.45, 7) is 4.36. The first-order valence-electron chi connectivity index (χ1n) is 7.88. The molecule has 1 aliphatic rings. The van der Waals surface area contributed by atoms with E-state index in [1.165, 1.54) is 6.20 Å². The van der Waals surface area contributed by atoms with Gasteiger partial charge in [-0.25, -0.2) is 10.6 Å². The van der Waals surface area contributed by atoms with Crippen molar-refractivity contribution in [3.63, 3.8) is 0 Å². The molecular formula is C15H25BN4O4. The van der Waals surface area contributed by atoms with Gasteiger partial charge in [0, 0.05) is 18.3 Å². The van der Waals surface area contributed by atoms with Crippen LogP contribution in [0.5, 0.6) is 5.75 Å². The van der Waals surface area contributed by atoms with Crippen LogP contribution >= 0.6 is 0 Å². The first-order valence-corrected chi connectivity index (χ1v) is 7.88. The van der Waals surface area contributed by atoms with E-state index in [1.807, 2.05) is 13.8 Å². The van der Waals surface area contributed by atoms with Gasteiger partial charge in [0.1, 0.15) is 11.3 Å². The van der Waals surface area contributed by atoms with Crippen LogP contribution in [0.25, 0.3) is 0 Å². The largest absolute Gasteiger partial charge is 0.535 e. The fourth-order valence-electron chi connectivity index (χ4n) is 2.32. The highest BCUT2D eigenvalue weighted by Gasteiger charge is 2.30. The van der Waals surface area contributed by atoms with E-state index in [-0.39, 0.29) is 17.0 Å². The van der Waals surface area contributed by atoms with Crippen molar-refractivity contribution >= 4 is 18.8 Å². The minimum atomic E-state index is -1.19. The van der Waals surface area contributed by atoms with Gasteiger partial charge in [0.05, 0.1) is 5.69 Å². The first kappa shape index (κ1) is 19.8. The molecule has 2 rings (SSSR count). The van der Waals surface area contributed by atoms with E-state index in [4.69, 9.17) is 22.0 Å². The molecule has 1 heterocycles. The Hall–Kier alpha value is -2.23. The van der Waals surface area contributed by atoms with Crippen molar-refractivity contribution < 1.29 is 19.6 Å². The highest BCUT2D eigenvalue weighted by Crippen LogP contribution is 2.36. The molecule has 0 saturated heterocycles. The average Bonchev–Trinajstić information content (AvgIpc) is 2.55. The van der Waals surface area contributed by atoms with Gasteiger partial charge >= 0.3 is 13.1 Å². The van der Waals surface area contributed by atoms with Crippen molar-refractivity contribution in [3.05, 3.63) is 35.2 Å². The van der Waals surface area contributed by atoms with Gasteiger partial charge in [-0.3, -0.25) is 5.01 Å². The molecule has 132 valence electrons. The zero-order valence-electron chi connectivity index (χ0n) is 14.0. The molecule has 0 aliphatic carbocycles. The Labute approximate surface area is 142 Å². The zero-order valence-corrected chi connectivity index (χ0v) is 14.0. The number of carbonyl (C=O) groups is 1. The lowest BCUT2D eigenvalue weighted by molar-refractivity contribution is 0.0695. The summed E-state index contributed by atoms with van der Waals surface area (Å²) in [5, 5.41) is 20.2. The van der Waals surface area contributed by atoms with E-state index in [9.17, 15) is 14.9 Å². The van der Waals surface area contributed by atoms with Crippen molar-refractivity contribution in [3.8, 4) is 5.75 Å². The molecular weight excluding hydrogens is 311 g/mol. The standard InChI is InChI=1S/C13H19BN4O4.C2H6/c15-6-4-9(16)7-18(17)10-2-1-8-3-5-14(21)22-12(8)11(10)13(19)20;1-2/h1-2,7,21H,3-6,15-17H2,(H,19,20);1-2H3/b9-7-;. The molecule has 8 N–H and O–H groups in total. The number of fused-ring (bicyclic) bond motifs is 1. The van der Waals surface area contributed by atoms with Gasteiger partial charge in [-0.05, 0) is 30.9 Å². The molecule has 0 atom stereocenters. The average molecular weight is 336 g/mol. The second-order valence-corrected chi connectivity index (χ2v) is 5.01. The summed E-state index contributed by atoms with van der Waals surface area (Å²) in [7, 11) is -1.02. The third-order valence-corrected chi connectivity index (χ3v) is 3.36. The first-order chi connectivity index (χ1) is 11.4. The Bertz CT molecular complexity index is 609. The maximum atomic E-state index is 11.6. The molecule has 1 aromatic rings. The van der Waals surface area contributed by atoms with Crippen LogP contribution in [0, 0.1) is 0 Å². The fraction of sp³-hybridized carbons (Fsp3) is 0.400. The topological polar surface area (TPSA) is 148 Å². The van der Waals surface area contributed by atoms with Crippen LogP contribution in [0.3, 0.4) is 0 Å². The van der Waals surface area contributed by atoms with Crippen LogP contribution in [-0.2, 0) is 6.42 Å². The predicted molar refractivity (Wildman–Crippen MR) is 94.5 cm³/mol. The highest BCUT2D eigenvalue weighted by atomic mass is 16.5. The zero-order chi connectivity index (χ0) is 18.3. The SMILES string of the molecule is CC.NCC/C(N)=C/N(N)c1ccc2c(c1C(=O)O)OB(O)CC2. The Kier molecular flexibility index (Phi) is 7.57. The smallest absolute Gasteiger partial charge is 0.522 e. The maximum absolute atomic E-state index is 11.6.